The average Bonchev–Trinajstić information content (AvgIpc) is 2.34. The summed E-state index contributed by atoms with van der Waals surface area (Å²) >= 11 is 0. The Kier molecular flexibility index (Phi) is 3.23. The fraction of sp³-hybridized carbons (Fsp3) is 0. The van der Waals surface area contributed by atoms with E-state index in [9.17, 15) is 8.78 Å². The third-order valence-electron chi connectivity index (χ3n) is 2.29. The minimum Gasteiger partial charge on any atom is -0.457 e. The third-order valence-corrected chi connectivity index (χ3v) is 2.29. The van der Waals surface area contributed by atoms with Crippen LogP contribution in [0, 0.1) is 17.0 Å². The molecule has 0 aliphatic carbocycles. The fourth-order valence-electron chi connectivity index (χ4n) is 1.38. The van der Waals surface area contributed by atoms with E-state index in [0.29, 0.717) is 11.3 Å². The molecule has 0 fully saturated rings. The summed E-state index contributed by atoms with van der Waals surface area (Å²) in [6, 6.07) is 9.70. The molecule has 0 amide bonds. The van der Waals surface area contributed by atoms with Crippen LogP contribution in [0.1, 0.15) is 5.56 Å². The van der Waals surface area contributed by atoms with Gasteiger partial charge >= 0.3 is 0 Å². The number of halogens is 2. The second-order valence-corrected chi connectivity index (χ2v) is 3.62. The van der Waals surface area contributed by atoms with Crippen LogP contribution in [-0.2, 0) is 0 Å². The van der Waals surface area contributed by atoms with Gasteiger partial charge in [-0.25, -0.2) is 8.78 Å². The molecule has 3 nitrogen and oxygen atoms in total. The van der Waals surface area contributed by atoms with Crippen molar-refractivity contribution in [1.82, 2.24) is 0 Å². The van der Waals surface area contributed by atoms with Gasteiger partial charge in [-0.05, 0) is 36.4 Å². The van der Waals surface area contributed by atoms with E-state index in [1.807, 2.05) is 0 Å². The second-order valence-electron chi connectivity index (χ2n) is 3.62. The quantitative estimate of drug-likeness (QED) is 0.647. The van der Waals surface area contributed by atoms with E-state index >= 15 is 0 Å². The van der Waals surface area contributed by atoms with Crippen LogP contribution in [0.2, 0.25) is 0 Å². The van der Waals surface area contributed by atoms with Crippen molar-refractivity contribution >= 4 is 5.84 Å². The van der Waals surface area contributed by atoms with E-state index < -0.39 is 11.6 Å². The van der Waals surface area contributed by atoms with Crippen molar-refractivity contribution in [1.29, 1.82) is 5.41 Å². The molecular formula is C13H10F2N2O. The van der Waals surface area contributed by atoms with E-state index in [2.05, 4.69) is 0 Å². The molecule has 0 saturated heterocycles. The van der Waals surface area contributed by atoms with Crippen molar-refractivity contribution < 1.29 is 13.5 Å². The lowest BCUT2D eigenvalue weighted by Crippen LogP contribution is -2.10. The van der Waals surface area contributed by atoms with Crippen molar-refractivity contribution in [3.05, 3.63) is 59.7 Å². The molecule has 2 aromatic carbocycles. The number of nitrogens with two attached hydrogens (primary N) is 1. The Morgan fingerprint density at radius 1 is 0.944 bits per heavy atom. The van der Waals surface area contributed by atoms with Gasteiger partial charge in [0.25, 0.3) is 0 Å². The van der Waals surface area contributed by atoms with Gasteiger partial charge < -0.3 is 10.5 Å². The van der Waals surface area contributed by atoms with Crippen molar-refractivity contribution in [3.63, 3.8) is 0 Å². The molecule has 0 aromatic heterocycles. The average molecular weight is 248 g/mol. The number of hydrogen-bond acceptors (Lipinski definition) is 2. The van der Waals surface area contributed by atoms with Gasteiger partial charge in [-0.2, -0.15) is 0 Å². The summed E-state index contributed by atoms with van der Waals surface area (Å²) in [5, 5.41) is 7.22. The lowest BCUT2D eigenvalue weighted by atomic mass is 10.2. The Hall–Kier alpha value is -2.43. The highest BCUT2D eigenvalue weighted by atomic mass is 19.2. The summed E-state index contributed by atoms with van der Waals surface area (Å²) in [5.74, 6) is -1.29. The number of benzene rings is 2. The summed E-state index contributed by atoms with van der Waals surface area (Å²) in [5.41, 5.74) is 5.87. The SMILES string of the molecule is N=C(N)c1ccc(Oc2ccc(F)c(F)c2)cc1. The molecule has 0 atom stereocenters. The molecule has 3 N–H and O–H groups in total. The summed E-state index contributed by atoms with van der Waals surface area (Å²) in [6.07, 6.45) is 0. The number of ether oxygens (including phenoxy) is 1. The highest BCUT2D eigenvalue weighted by Crippen LogP contribution is 2.23. The first-order chi connectivity index (χ1) is 8.56. The molecule has 0 aliphatic rings. The van der Waals surface area contributed by atoms with Gasteiger partial charge in [-0.3, -0.25) is 5.41 Å². The van der Waals surface area contributed by atoms with Crippen LogP contribution in [0.5, 0.6) is 11.5 Å². The van der Waals surface area contributed by atoms with Gasteiger partial charge in [-0.15, -0.1) is 0 Å². The van der Waals surface area contributed by atoms with Crippen molar-refractivity contribution in [2.75, 3.05) is 0 Å². The normalized spacial score (nSPS) is 10.1. The Bertz CT molecular complexity index is 582. The van der Waals surface area contributed by atoms with Crippen LogP contribution in [0.25, 0.3) is 0 Å². The first kappa shape index (κ1) is 12.0. The fourth-order valence-corrected chi connectivity index (χ4v) is 1.38. The molecule has 92 valence electrons. The number of nitrogen functional groups attached to an aromatic ring is 1. The van der Waals surface area contributed by atoms with Crippen LogP contribution in [0.3, 0.4) is 0 Å². The molecule has 0 bridgehead atoms. The van der Waals surface area contributed by atoms with Crippen molar-refractivity contribution in [3.8, 4) is 11.5 Å². The molecule has 0 spiro atoms. The zero-order valence-electron chi connectivity index (χ0n) is 9.28. The molecule has 0 radical (unpaired) electrons. The van der Waals surface area contributed by atoms with Crippen LogP contribution >= 0.6 is 0 Å². The monoisotopic (exact) mass is 248 g/mol. The number of amidine groups is 1. The van der Waals surface area contributed by atoms with Crippen molar-refractivity contribution in [2.24, 2.45) is 5.73 Å². The molecule has 5 heteroatoms. The molecule has 0 saturated carbocycles. The van der Waals surface area contributed by atoms with Gasteiger partial charge in [0.05, 0.1) is 0 Å². The first-order valence-electron chi connectivity index (χ1n) is 5.13. The molecular weight excluding hydrogens is 238 g/mol. The lowest BCUT2D eigenvalue weighted by Gasteiger charge is -2.06. The zero-order valence-corrected chi connectivity index (χ0v) is 9.28. The third kappa shape index (κ3) is 2.63. The van der Waals surface area contributed by atoms with Crippen LogP contribution in [0.15, 0.2) is 42.5 Å². The molecule has 2 rings (SSSR count). The number of hydrogen-bond donors (Lipinski definition) is 2. The second kappa shape index (κ2) is 4.83. The summed E-state index contributed by atoms with van der Waals surface area (Å²) < 4.78 is 31.0. The standard InChI is InChI=1S/C13H10F2N2O/c14-11-6-5-10(7-12(11)15)18-9-3-1-8(2-4-9)13(16)17/h1-7H,(H3,16,17). The summed E-state index contributed by atoms with van der Waals surface area (Å²) in [7, 11) is 0. The minimum absolute atomic E-state index is 0.0469. The zero-order chi connectivity index (χ0) is 13.1. The Labute approximate surface area is 102 Å². The van der Waals surface area contributed by atoms with Crippen LogP contribution in [-0.4, -0.2) is 5.84 Å². The number of nitrogens with one attached hydrogen (secondary N) is 1. The van der Waals surface area contributed by atoms with E-state index in [1.165, 1.54) is 6.07 Å². The van der Waals surface area contributed by atoms with Crippen LogP contribution in [0.4, 0.5) is 8.78 Å². The predicted molar refractivity (Wildman–Crippen MR) is 63.9 cm³/mol. The highest BCUT2D eigenvalue weighted by Gasteiger charge is 2.04. The maximum atomic E-state index is 13.0. The molecule has 2 aromatic rings. The smallest absolute Gasteiger partial charge is 0.162 e. The largest absolute Gasteiger partial charge is 0.457 e. The topological polar surface area (TPSA) is 59.1 Å². The molecule has 0 heterocycles. The Morgan fingerprint density at radius 3 is 2.11 bits per heavy atom. The molecule has 0 aliphatic heterocycles. The summed E-state index contributed by atoms with van der Waals surface area (Å²) in [4.78, 5) is 0. The predicted octanol–water partition coefficient (Wildman–Crippen LogP) is 3.04. The molecule has 0 unspecified atom stereocenters. The first-order valence-corrected chi connectivity index (χ1v) is 5.13. The van der Waals surface area contributed by atoms with E-state index in [-0.39, 0.29) is 11.6 Å². The highest BCUT2D eigenvalue weighted by molar-refractivity contribution is 5.94. The summed E-state index contributed by atoms with van der Waals surface area (Å²) in [6.45, 7) is 0. The van der Waals surface area contributed by atoms with E-state index in [1.54, 1.807) is 24.3 Å². The van der Waals surface area contributed by atoms with Gasteiger partial charge in [0.2, 0.25) is 0 Å². The van der Waals surface area contributed by atoms with Crippen molar-refractivity contribution in [2.45, 2.75) is 0 Å². The maximum Gasteiger partial charge on any atom is 0.162 e. The van der Waals surface area contributed by atoms with Gasteiger partial charge in [0.15, 0.2) is 11.6 Å². The van der Waals surface area contributed by atoms with E-state index in [4.69, 9.17) is 15.9 Å². The van der Waals surface area contributed by atoms with Crippen LogP contribution < -0.4 is 10.5 Å². The van der Waals surface area contributed by atoms with Gasteiger partial charge in [0, 0.05) is 11.6 Å². The minimum atomic E-state index is -0.965. The maximum absolute atomic E-state index is 13.0. The lowest BCUT2D eigenvalue weighted by molar-refractivity contribution is 0.461. The van der Waals surface area contributed by atoms with Gasteiger partial charge in [0.1, 0.15) is 17.3 Å². The van der Waals surface area contributed by atoms with Gasteiger partial charge in [-0.1, -0.05) is 0 Å². The Morgan fingerprint density at radius 2 is 1.56 bits per heavy atom. The Balaban J connectivity index is 2.18. The number of rotatable bonds is 3. The van der Waals surface area contributed by atoms with E-state index in [0.717, 1.165) is 12.1 Å². The molecule has 18 heavy (non-hydrogen) atoms.